The van der Waals surface area contributed by atoms with Crippen LogP contribution in [0.5, 0.6) is 0 Å². The highest BCUT2D eigenvalue weighted by atomic mass is 16.2. The van der Waals surface area contributed by atoms with Gasteiger partial charge < -0.3 is 15.1 Å². The number of nitrogens with one attached hydrogen (secondary N) is 1. The predicted molar refractivity (Wildman–Crippen MR) is 61.8 cm³/mol. The summed E-state index contributed by atoms with van der Waals surface area (Å²) >= 11 is 0. The maximum absolute atomic E-state index is 12.0. The van der Waals surface area contributed by atoms with Crippen molar-refractivity contribution >= 4 is 5.91 Å². The smallest absolute Gasteiger partial charge is 0.226 e. The van der Waals surface area contributed by atoms with Crippen LogP contribution in [0, 0.1) is 5.92 Å². The van der Waals surface area contributed by atoms with E-state index in [2.05, 4.69) is 10.2 Å². The van der Waals surface area contributed by atoms with Crippen molar-refractivity contribution in [2.75, 3.05) is 47.3 Å². The number of nitrogens with zero attached hydrogens (tertiary/aromatic N) is 2. The normalized spacial score (nSPS) is 21.7. The van der Waals surface area contributed by atoms with E-state index in [-0.39, 0.29) is 5.92 Å². The molecule has 1 unspecified atom stereocenters. The summed E-state index contributed by atoms with van der Waals surface area (Å²) in [6.45, 7) is 3.67. The highest BCUT2D eigenvalue weighted by Crippen LogP contribution is 2.12. The lowest BCUT2D eigenvalue weighted by Crippen LogP contribution is -2.43. The minimum Gasteiger partial charge on any atom is -0.344 e. The summed E-state index contributed by atoms with van der Waals surface area (Å²) in [5.41, 5.74) is 0. The van der Waals surface area contributed by atoms with E-state index < -0.39 is 0 Å². The zero-order valence-corrected chi connectivity index (χ0v) is 10.1. The first-order valence-corrected chi connectivity index (χ1v) is 5.71. The molecule has 0 bridgehead atoms. The summed E-state index contributed by atoms with van der Waals surface area (Å²) in [6, 6.07) is 0. The topological polar surface area (TPSA) is 35.6 Å². The van der Waals surface area contributed by atoms with Crippen LogP contribution < -0.4 is 5.32 Å². The summed E-state index contributed by atoms with van der Waals surface area (Å²) < 4.78 is 0. The van der Waals surface area contributed by atoms with Crippen molar-refractivity contribution in [3.8, 4) is 0 Å². The molecule has 1 aliphatic heterocycles. The van der Waals surface area contributed by atoms with E-state index in [0.29, 0.717) is 5.91 Å². The van der Waals surface area contributed by atoms with E-state index in [9.17, 15) is 4.79 Å². The lowest BCUT2D eigenvalue weighted by Gasteiger charge is -2.27. The Hall–Kier alpha value is -0.610. The number of carbonyl (C=O) groups is 1. The molecule has 15 heavy (non-hydrogen) atoms. The average molecular weight is 213 g/mol. The van der Waals surface area contributed by atoms with E-state index in [0.717, 1.165) is 39.0 Å². The van der Waals surface area contributed by atoms with E-state index in [1.807, 2.05) is 26.0 Å². The van der Waals surface area contributed by atoms with Gasteiger partial charge in [0.05, 0.1) is 5.92 Å². The molecular weight excluding hydrogens is 190 g/mol. The third kappa shape index (κ3) is 4.18. The van der Waals surface area contributed by atoms with Crippen LogP contribution in [0.2, 0.25) is 0 Å². The van der Waals surface area contributed by atoms with Crippen molar-refractivity contribution in [2.24, 2.45) is 5.92 Å². The van der Waals surface area contributed by atoms with Gasteiger partial charge in [-0.15, -0.1) is 0 Å². The molecule has 0 saturated carbocycles. The molecule has 1 atom stereocenters. The number of rotatable bonds is 4. The Kier molecular flexibility index (Phi) is 5.05. The fraction of sp³-hybridized carbons (Fsp3) is 0.909. The second-order valence-corrected chi connectivity index (χ2v) is 4.61. The van der Waals surface area contributed by atoms with Crippen LogP contribution in [0.15, 0.2) is 0 Å². The molecule has 4 nitrogen and oxygen atoms in total. The first-order chi connectivity index (χ1) is 7.11. The average Bonchev–Trinajstić information content (AvgIpc) is 2.26. The molecule has 1 N–H and O–H groups in total. The van der Waals surface area contributed by atoms with Gasteiger partial charge in [-0.1, -0.05) is 0 Å². The molecule has 0 radical (unpaired) electrons. The van der Waals surface area contributed by atoms with Gasteiger partial charge in [-0.2, -0.15) is 0 Å². The van der Waals surface area contributed by atoms with E-state index in [1.165, 1.54) is 0 Å². The van der Waals surface area contributed by atoms with Crippen LogP contribution in [0.1, 0.15) is 12.8 Å². The Balaban J connectivity index is 2.30. The molecular formula is C11H23N3O. The van der Waals surface area contributed by atoms with Crippen molar-refractivity contribution in [1.82, 2.24) is 15.1 Å². The highest BCUT2D eigenvalue weighted by Gasteiger charge is 2.23. The van der Waals surface area contributed by atoms with Gasteiger partial charge >= 0.3 is 0 Å². The van der Waals surface area contributed by atoms with E-state index >= 15 is 0 Å². The number of carbonyl (C=O) groups excluding carboxylic acids is 1. The first-order valence-electron chi connectivity index (χ1n) is 5.71. The van der Waals surface area contributed by atoms with Crippen LogP contribution >= 0.6 is 0 Å². The molecule has 1 rings (SSSR count). The Labute approximate surface area is 92.6 Å². The Morgan fingerprint density at radius 2 is 2.07 bits per heavy atom. The lowest BCUT2D eigenvalue weighted by atomic mass is 9.98. The minimum absolute atomic E-state index is 0.200. The SMILES string of the molecule is CN(C)CCN(C)C(=O)C1CCCNC1. The minimum atomic E-state index is 0.200. The number of hydrogen-bond acceptors (Lipinski definition) is 3. The van der Waals surface area contributed by atoms with Gasteiger partial charge in [0, 0.05) is 26.7 Å². The van der Waals surface area contributed by atoms with Gasteiger partial charge in [0.2, 0.25) is 5.91 Å². The van der Waals surface area contributed by atoms with Crippen LogP contribution in [0.25, 0.3) is 0 Å². The van der Waals surface area contributed by atoms with Gasteiger partial charge in [-0.05, 0) is 33.5 Å². The van der Waals surface area contributed by atoms with E-state index in [1.54, 1.807) is 0 Å². The van der Waals surface area contributed by atoms with Crippen molar-refractivity contribution < 1.29 is 4.79 Å². The van der Waals surface area contributed by atoms with Crippen molar-refractivity contribution in [1.29, 1.82) is 0 Å². The molecule has 1 amide bonds. The molecule has 1 fully saturated rings. The van der Waals surface area contributed by atoms with Crippen molar-refractivity contribution in [2.45, 2.75) is 12.8 Å². The number of amides is 1. The third-order valence-electron chi connectivity index (χ3n) is 2.90. The maximum Gasteiger partial charge on any atom is 0.226 e. The summed E-state index contributed by atoms with van der Waals surface area (Å²) in [4.78, 5) is 15.9. The highest BCUT2D eigenvalue weighted by molar-refractivity contribution is 5.78. The van der Waals surface area contributed by atoms with Crippen molar-refractivity contribution in [3.63, 3.8) is 0 Å². The van der Waals surface area contributed by atoms with Crippen molar-refractivity contribution in [3.05, 3.63) is 0 Å². The lowest BCUT2D eigenvalue weighted by molar-refractivity contribution is -0.134. The second kappa shape index (κ2) is 6.08. The molecule has 4 heteroatoms. The van der Waals surface area contributed by atoms with Gasteiger partial charge in [0.15, 0.2) is 0 Å². The zero-order valence-electron chi connectivity index (χ0n) is 10.1. The second-order valence-electron chi connectivity index (χ2n) is 4.61. The van der Waals surface area contributed by atoms with Gasteiger partial charge in [0.1, 0.15) is 0 Å². The Bertz CT molecular complexity index is 200. The van der Waals surface area contributed by atoms with Gasteiger partial charge in [-0.3, -0.25) is 4.79 Å². The Morgan fingerprint density at radius 3 is 2.60 bits per heavy atom. The standard InChI is InChI=1S/C11H23N3O/c1-13(2)7-8-14(3)11(15)10-5-4-6-12-9-10/h10,12H,4-9H2,1-3H3. The Morgan fingerprint density at radius 1 is 1.33 bits per heavy atom. The van der Waals surface area contributed by atoms with Gasteiger partial charge in [-0.25, -0.2) is 0 Å². The fourth-order valence-corrected chi connectivity index (χ4v) is 1.83. The summed E-state index contributed by atoms with van der Waals surface area (Å²) in [6.07, 6.45) is 2.16. The van der Waals surface area contributed by atoms with Crippen LogP contribution in [0.4, 0.5) is 0 Å². The fourth-order valence-electron chi connectivity index (χ4n) is 1.83. The van der Waals surface area contributed by atoms with Crippen LogP contribution in [-0.4, -0.2) is 63.0 Å². The number of piperidine rings is 1. The molecule has 0 aromatic carbocycles. The molecule has 1 saturated heterocycles. The molecule has 0 spiro atoms. The quantitative estimate of drug-likeness (QED) is 0.714. The molecule has 0 aliphatic carbocycles. The number of hydrogen-bond donors (Lipinski definition) is 1. The van der Waals surface area contributed by atoms with Crippen LogP contribution in [-0.2, 0) is 4.79 Å². The maximum atomic E-state index is 12.0. The zero-order chi connectivity index (χ0) is 11.3. The third-order valence-corrected chi connectivity index (χ3v) is 2.90. The summed E-state index contributed by atoms with van der Waals surface area (Å²) in [7, 11) is 5.96. The largest absolute Gasteiger partial charge is 0.344 e. The predicted octanol–water partition coefficient (Wildman–Crippen LogP) is 0.00600. The van der Waals surface area contributed by atoms with Crippen LogP contribution in [0.3, 0.4) is 0 Å². The molecule has 0 aromatic heterocycles. The van der Waals surface area contributed by atoms with Gasteiger partial charge in [0.25, 0.3) is 0 Å². The number of likely N-dealkylation sites (N-methyl/N-ethyl adjacent to an activating group) is 2. The molecule has 1 aliphatic rings. The summed E-state index contributed by atoms with van der Waals surface area (Å²) in [5, 5.41) is 3.28. The van der Waals surface area contributed by atoms with E-state index in [4.69, 9.17) is 0 Å². The monoisotopic (exact) mass is 213 g/mol. The summed E-state index contributed by atoms with van der Waals surface area (Å²) in [5.74, 6) is 0.495. The first kappa shape index (κ1) is 12.5. The molecule has 0 aromatic rings. The molecule has 88 valence electrons. The molecule has 1 heterocycles.